The van der Waals surface area contributed by atoms with Crippen molar-refractivity contribution in [1.82, 2.24) is 0 Å². The number of rotatable bonds is 14. The van der Waals surface area contributed by atoms with Crippen molar-refractivity contribution in [3.05, 3.63) is 510 Å². The van der Waals surface area contributed by atoms with E-state index in [2.05, 4.69) is 529 Å². The summed E-state index contributed by atoms with van der Waals surface area (Å²) in [6, 6.07) is 191. The Bertz CT molecular complexity index is 9190. The first-order valence-electron chi connectivity index (χ1n) is 49.0. The van der Waals surface area contributed by atoms with Crippen molar-refractivity contribution in [2.75, 3.05) is 19.6 Å². The van der Waals surface area contributed by atoms with Gasteiger partial charge in [-0.3, -0.25) is 0 Å². The Labute approximate surface area is 853 Å². The van der Waals surface area contributed by atoms with Gasteiger partial charge in [-0.1, -0.05) is 352 Å². The summed E-state index contributed by atoms with van der Waals surface area (Å²) in [6.07, 6.45) is 0. The Balaban J connectivity index is 0.000000137. The summed E-state index contributed by atoms with van der Waals surface area (Å²) in [7, 11) is -6.33. The zero-order valence-electron chi connectivity index (χ0n) is 77.7. The second kappa shape index (κ2) is 34.1. The van der Waals surface area contributed by atoms with Gasteiger partial charge in [0.15, 0.2) is 21.7 Å². The highest BCUT2D eigenvalue weighted by Crippen LogP contribution is 2.52. The highest BCUT2D eigenvalue weighted by atomic mass is 32.1. The molecule has 0 aliphatic carbocycles. The van der Waals surface area contributed by atoms with Gasteiger partial charge in [0.25, 0.3) is 0 Å². The lowest BCUT2D eigenvalue weighted by Gasteiger charge is -2.45. The Hall–Kier alpha value is -16.6. The summed E-state index contributed by atoms with van der Waals surface area (Å²) in [5.41, 5.74) is 20.0. The van der Waals surface area contributed by atoms with Gasteiger partial charge in [0, 0.05) is 164 Å². The van der Waals surface area contributed by atoms with E-state index in [4.69, 9.17) is 4.42 Å². The quantitative estimate of drug-likeness (QED) is 0.101. The molecule has 0 N–H and O–H groups in total. The van der Waals surface area contributed by atoms with Crippen LogP contribution in [-0.2, 0) is 0 Å². The molecule has 0 spiro atoms. The van der Waals surface area contributed by atoms with Gasteiger partial charge in [-0.25, -0.2) is 0 Å². The molecule has 0 atom stereocenters. The standard InChI is InChI=1S/C66H42N2OS2Si.C66H42N2S3Si/c1-3-16-43(17-4-1)44-30-32-46(33-31-44)67(57-25-15-23-55-50-20-7-11-26-59(50)69-66(55)57)47-34-39-65-58(40-47)68(45-18-5-2-6-19-45)56-24-10-14-29-64(56)72(65,48-35-37-53-51-21-8-12-27-60(51)70-62(53)41-48)49-36-38-54-52-22-9-13-28-61(52)71-63(54)42-49;1-3-16-43(17-4-1)44-30-32-46(33-31-44)67(57-25-15-23-55-52-22-9-13-28-61(52)71-66(55)57)47-34-39-65-58(40-47)68(45-18-5-2-6-19-45)56-24-10-14-29-64(56)72(65,48-35-37-53-50-20-7-11-26-59(50)69-62(53)41-48)49-36-38-54-51-21-8-12-27-60(51)70-63(54)42-49/h2*1-42H. The van der Waals surface area contributed by atoms with E-state index in [1.54, 1.807) is 0 Å². The molecule has 2 aliphatic heterocycles. The average Bonchev–Trinajstić information content (AvgIpc) is 0.848. The normalized spacial score (nSPS) is 13.1. The lowest BCUT2D eigenvalue weighted by Crippen LogP contribution is -2.77. The number of para-hydroxylation sites is 6. The van der Waals surface area contributed by atoms with Gasteiger partial charge in [-0.15, -0.1) is 56.7 Å². The van der Waals surface area contributed by atoms with Crippen molar-refractivity contribution in [1.29, 1.82) is 0 Å². The fraction of sp³-hybridized carbons (Fsp3) is 0. The molecule has 0 fully saturated rings. The highest BCUT2D eigenvalue weighted by molar-refractivity contribution is 7.29. The van der Waals surface area contributed by atoms with Crippen LogP contribution < -0.4 is 61.1 Å². The SMILES string of the molecule is c1ccc(-c2ccc(N(c3ccc4c(c3)N(c3ccccc3)c3ccccc3[Si]4(c3ccc4c(c3)sc3ccccc34)c3ccc4c(c3)sc3ccccc34)c3cccc4c3oc3ccccc34)cc2)cc1.c1ccc(-c2ccc(N(c3ccc4c(c3)N(c3ccccc3)c3ccccc3[Si]4(c3ccc4c(c3)sc3ccccc34)c3ccc4c(c3)sc3ccccc34)c3cccc4c3sc3ccccc34)cc2)cc1. The zero-order valence-corrected chi connectivity index (χ0v) is 83.8. The third-order valence-corrected chi connectivity index (χ3v) is 45.2. The van der Waals surface area contributed by atoms with E-state index in [0.717, 1.165) is 67.4 Å². The second-order valence-electron chi connectivity index (χ2n) is 37.5. The molecule has 0 bridgehead atoms. The number of furan rings is 1. The van der Waals surface area contributed by atoms with Crippen LogP contribution in [0.25, 0.3) is 145 Å². The van der Waals surface area contributed by atoms with Crippen molar-refractivity contribution >= 4 is 305 Å². The number of fused-ring (bicyclic) bond motifs is 22. The van der Waals surface area contributed by atoms with Crippen LogP contribution in [-0.4, -0.2) is 16.1 Å². The molecule has 12 heteroatoms. The number of hydrogen-bond donors (Lipinski definition) is 0. The molecule has 0 saturated heterocycles. The topological polar surface area (TPSA) is 26.1 Å². The zero-order chi connectivity index (χ0) is 94.7. The summed E-state index contributed by atoms with van der Waals surface area (Å²) in [5.74, 6) is 0. The van der Waals surface area contributed by atoms with Gasteiger partial charge in [-0.05, 0) is 221 Å². The third-order valence-electron chi connectivity index (χ3n) is 29.9. The molecule has 8 heterocycles. The van der Waals surface area contributed by atoms with Gasteiger partial charge in [0.05, 0.1) is 16.1 Å². The maximum absolute atomic E-state index is 6.87. The minimum absolute atomic E-state index is 0.853. The fourth-order valence-corrected chi connectivity index (χ4v) is 39.9. The Morgan fingerprint density at radius 2 is 0.486 bits per heavy atom. The van der Waals surface area contributed by atoms with Gasteiger partial charge < -0.3 is 24.0 Å². The first-order chi connectivity index (χ1) is 71.4. The van der Waals surface area contributed by atoms with Crippen LogP contribution in [0, 0.1) is 0 Å². The second-order valence-corrected chi connectivity index (χ2v) is 50.4. The number of benzene rings is 22. The summed E-state index contributed by atoms with van der Waals surface area (Å²) < 4.78 is 20.0. The van der Waals surface area contributed by atoms with Crippen LogP contribution in [0.3, 0.4) is 0 Å². The van der Waals surface area contributed by atoms with E-state index in [0.29, 0.717) is 0 Å². The van der Waals surface area contributed by atoms with Gasteiger partial charge in [0.2, 0.25) is 0 Å². The molecule has 30 rings (SSSR count). The fourth-order valence-electron chi connectivity index (χ4n) is 23.5. The van der Waals surface area contributed by atoms with E-state index < -0.39 is 16.1 Å². The van der Waals surface area contributed by atoms with Crippen LogP contribution in [0.4, 0.5) is 68.2 Å². The average molecular weight is 1960 g/mol. The molecular formula is C132H84N4OS5Si2. The maximum Gasteiger partial charge on any atom is 0.184 e. The first kappa shape index (κ1) is 84.3. The number of nitrogens with zero attached hydrogens (tertiary/aromatic N) is 4. The van der Waals surface area contributed by atoms with Crippen molar-refractivity contribution in [3.63, 3.8) is 0 Å². The lowest BCUT2D eigenvalue weighted by molar-refractivity contribution is 0.669. The van der Waals surface area contributed by atoms with E-state index in [9.17, 15) is 0 Å². The maximum atomic E-state index is 6.87. The van der Waals surface area contributed by atoms with Crippen LogP contribution in [0.2, 0.25) is 0 Å². The molecular weight excluding hydrogens is 1870 g/mol. The third kappa shape index (κ3) is 13.3. The Morgan fingerprint density at radius 1 is 0.188 bits per heavy atom. The molecule has 2 aliphatic rings. The summed E-state index contributed by atoms with van der Waals surface area (Å²) in [6.45, 7) is 0. The van der Waals surface area contributed by atoms with Crippen LogP contribution in [0.15, 0.2) is 514 Å². The molecule has 0 amide bonds. The van der Waals surface area contributed by atoms with E-state index in [1.807, 2.05) is 56.7 Å². The molecule has 676 valence electrons. The molecule has 0 unspecified atom stereocenters. The summed E-state index contributed by atoms with van der Waals surface area (Å²) in [5, 5.41) is 26.3. The largest absolute Gasteiger partial charge is 0.454 e. The molecule has 0 saturated carbocycles. The summed E-state index contributed by atoms with van der Waals surface area (Å²) in [4.78, 5) is 9.98. The summed E-state index contributed by atoms with van der Waals surface area (Å²) >= 11 is 9.50. The highest BCUT2D eigenvalue weighted by Gasteiger charge is 2.52. The molecule has 22 aromatic carbocycles. The monoisotopic (exact) mass is 1960 g/mol. The van der Waals surface area contributed by atoms with Gasteiger partial charge >= 0.3 is 0 Å². The van der Waals surface area contributed by atoms with E-state index in [1.165, 1.54) is 187 Å². The first-order valence-corrected chi connectivity index (χ1v) is 57.0. The predicted octanol–water partition coefficient (Wildman–Crippen LogP) is 33.7. The minimum Gasteiger partial charge on any atom is -0.454 e. The molecule has 5 nitrogen and oxygen atoms in total. The molecule has 0 radical (unpaired) electrons. The predicted molar refractivity (Wildman–Crippen MR) is 629 cm³/mol. The van der Waals surface area contributed by atoms with Crippen LogP contribution >= 0.6 is 56.7 Å². The minimum atomic E-state index is -3.18. The van der Waals surface area contributed by atoms with Gasteiger partial charge in [0.1, 0.15) is 5.58 Å². The van der Waals surface area contributed by atoms with Crippen molar-refractivity contribution < 1.29 is 4.42 Å². The number of thiophene rings is 5. The smallest absolute Gasteiger partial charge is 0.184 e. The number of anilines is 12. The van der Waals surface area contributed by atoms with Crippen molar-refractivity contribution in [2.45, 2.75) is 0 Å². The van der Waals surface area contributed by atoms with Crippen LogP contribution in [0.1, 0.15) is 0 Å². The van der Waals surface area contributed by atoms with E-state index >= 15 is 0 Å². The Morgan fingerprint density at radius 3 is 0.903 bits per heavy atom. The molecule has 144 heavy (non-hydrogen) atoms. The van der Waals surface area contributed by atoms with E-state index in [-0.39, 0.29) is 0 Å². The molecule has 6 aromatic heterocycles. The van der Waals surface area contributed by atoms with Crippen molar-refractivity contribution in [3.8, 4) is 22.3 Å². The molecule has 28 aromatic rings. The lowest BCUT2D eigenvalue weighted by atomic mass is 10.0. The van der Waals surface area contributed by atoms with Crippen molar-refractivity contribution in [2.24, 2.45) is 0 Å². The Kier molecular flexibility index (Phi) is 20.0. The van der Waals surface area contributed by atoms with Gasteiger partial charge in [-0.2, -0.15) is 0 Å². The van der Waals surface area contributed by atoms with Crippen LogP contribution in [0.5, 0.6) is 0 Å². The number of hydrogen-bond acceptors (Lipinski definition) is 10.